The number of H-pyrrole nitrogens is 2. The fourth-order valence-corrected chi connectivity index (χ4v) is 4.24. The van der Waals surface area contributed by atoms with Crippen LogP contribution in [0.3, 0.4) is 0 Å². The summed E-state index contributed by atoms with van der Waals surface area (Å²) in [4.78, 5) is 37.1. The van der Waals surface area contributed by atoms with Crippen molar-refractivity contribution < 1.29 is 46.1 Å². The number of hydrogen-bond acceptors (Lipinski definition) is 9. The number of aromatic amines is 2. The lowest BCUT2D eigenvalue weighted by Gasteiger charge is -2.21. The number of aromatic nitrogens is 6. The highest BCUT2D eigenvalue weighted by Crippen LogP contribution is 2.38. The number of rotatable bonds is 10. The van der Waals surface area contributed by atoms with Gasteiger partial charge in [0.1, 0.15) is 29.7 Å². The zero-order valence-electron chi connectivity index (χ0n) is 26.8. The predicted octanol–water partition coefficient (Wildman–Crippen LogP) is 5.77. The van der Waals surface area contributed by atoms with Crippen molar-refractivity contribution >= 4 is 44.8 Å². The largest absolute Gasteiger partial charge is 0.407 e. The SMILES string of the molecule is Nc1ncn[nH]1.[C-]#[N+]c1ccc(CC(=O)[C@@](C)(O)CBr)cc1C(F)(F)F.[C-]#[N+]c1ccc(CC(=O)[C@@](C)(O)CCc2ncn[nH]2)cc1C(F)(F)F. The molecular weight excluding hydrogens is 756 g/mol. The van der Waals surface area contributed by atoms with Gasteiger partial charge in [0.2, 0.25) is 5.95 Å². The Kier molecular flexibility index (Phi) is 14.5. The molecule has 0 aliphatic carbocycles. The standard InChI is InChI=1S/C16H15F3N4O2.C13H11BrF3NO2.C2H4N4/c1-15(25,6-5-14-21-9-22-23-14)13(24)8-10-3-4-12(20-2)11(7-10)16(17,18)19;1-12(20,7-14)11(19)6-8-3-4-10(18-2)9(5-8)13(15,16)17;3-2-4-1-5-6-2/h3-4,7,9,25H,5-6,8H2,1H3,(H,21,22,23);3-5,20H,6-7H2,1H3;1H,(H3,3,4,5,6)/t15-;12-;/m00./s1. The minimum Gasteiger partial charge on any atom is -0.382 e. The molecule has 0 saturated carbocycles. The van der Waals surface area contributed by atoms with Gasteiger partial charge >= 0.3 is 12.4 Å². The van der Waals surface area contributed by atoms with Crippen molar-refractivity contribution in [1.82, 2.24) is 30.4 Å². The number of alkyl halides is 7. The molecule has 4 rings (SSSR count). The van der Waals surface area contributed by atoms with E-state index in [0.29, 0.717) is 11.8 Å². The molecule has 2 aromatic carbocycles. The molecule has 6 N–H and O–H groups in total. The van der Waals surface area contributed by atoms with E-state index < -0.39 is 57.6 Å². The van der Waals surface area contributed by atoms with E-state index in [9.17, 15) is 46.1 Å². The van der Waals surface area contributed by atoms with Gasteiger partial charge in [-0.1, -0.05) is 52.3 Å². The molecule has 0 unspecified atom stereocenters. The number of aryl methyl sites for hydroxylation is 1. The van der Waals surface area contributed by atoms with E-state index in [0.717, 1.165) is 24.3 Å². The lowest BCUT2D eigenvalue weighted by atomic mass is 9.90. The summed E-state index contributed by atoms with van der Waals surface area (Å²) < 4.78 is 77.2. The van der Waals surface area contributed by atoms with Crippen LogP contribution in [0.1, 0.15) is 48.3 Å². The van der Waals surface area contributed by atoms with Crippen molar-refractivity contribution in [1.29, 1.82) is 0 Å². The predicted molar refractivity (Wildman–Crippen MR) is 173 cm³/mol. The highest BCUT2D eigenvalue weighted by Gasteiger charge is 2.36. The molecule has 0 saturated heterocycles. The number of aliphatic hydroxyl groups is 2. The van der Waals surface area contributed by atoms with Crippen LogP contribution in [0.15, 0.2) is 49.1 Å². The van der Waals surface area contributed by atoms with Crippen LogP contribution in [0.2, 0.25) is 0 Å². The molecular formula is C31H30BrF6N9O4. The third-order valence-electron chi connectivity index (χ3n) is 6.91. The summed E-state index contributed by atoms with van der Waals surface area (Å²) >= 11 is 2.96. The molecule has 0 spiro atoms. The molecule has 13 nitrogen and oxygen atoms in total. The van der Waals surface area contributed by atoms with Gasteiger partial charge in [0.15, 0.2) is 22.9 Å². The molecule has 0 aliphatic rings. The van der Waals surface area contributed by atoms with Crippen LogP contribution in [0.4, 0.5) is 43.7 Å². The lowest BCUT2D eigenvalue weighted by molar-refractivity contribution is -0.138. The maximum atomic E-state index is 13.0. The van der Waals surface area contributed by atoms with Crippen molar-refractivity contribution in [2.45, 2.75) is 63.1 Å². The van der Waals surface area contributed by atoms with Crippen molar-refractivity contribution in [3.05, 3.63) is 100.0 Å². The Balaban J connectivity index is 0.000000308. The zero-order chi connectivity index (χ0) is 38.6. The smallest absolute Gasteiger partial charge is 0.382 e. The molecule has 2 aromatic heterocycles. The van der Waals surface area contributed by atoms with Gasteiger partial charge in [0.25, 0.3) is 0 Å². The van der Waals surface area contributed by atoms with Gasteiger partial charge in [-0.3, -0.25) is 14.7 Å². The molecule has 20 heteroatoms. The second-order valence-electron chi connectivity index (χ2n) is 11.1. The van der Waals surface area contributed by atoms with E-state index in [1.54, 1.807) is 0 Å². The van der Waals surface area contributed by atoms with Crippen LogP contribution in [0.25, 0.3) is 9.69 Å². The van der Waals surface area contributed by atoms with Gasteiger partial charge in [-0.15, -0.1) is 0 Å². The van der Waals surface area contributed by atoms with E-state index >= 15 is 0 Å². The van der Waals surface area contributed by atoms with Crippen molar-refractivity contribution in [2.75, 3.05) is 11.1 Å². The van der Waals surface area contributed by atoms with Crippen molar-refractivity contribution in [3.8, 4) is 0 Å². The number of Topliss-reactive ketones (excluding diaryl/α,β-unsaturated/α-hetero) is 2. The summed E-state index contributed by atoms with van der Waals surface area (Å²) in [5.74, 6) is -0.363. The molecule has 4 aromatic rings. The monoisotopic (exact) mass is 785 g/mol. The Bertz CT molecular complexity index is 1850. The second-order valence-corrected chi connectivity index (χ2v) is 11.7. The summed E-state index contributed by atoms with van der Waals surface area (Å²) in [6, 6.07) is 6.17. The van der Waals surface area contributed by atoms with Crippen LogP contribution >= 0.6 is 15.9 Å². The molecule has 51 heavy (non-hydrogen) atoms. The molecule has 2 heterocycles. The number of carbonyl (C=O) groups excluding carboxylic acids is 2. The van der Waals surface area contributed by atoms with Crippen LogP contribution in [0, 0.1) is 13.1 Å². The fraction of sp³-hybridized carbons (Fsp3) is 0.355. The summed E-state index contributed by atoms with van der Waals surface area (Å²) in [5, 5.41) is 32.1. The third-order valence-corrected chi connectivity index (χ3v) is 8.00. The van der Waals surface area contributed by atoms with Crippen LogP contribution in [-0.4, -0.2) is 68.7 Å². The van der Waals surface area contributed by atoms with Crippen molar-refractivity contribution in [3.63, 3.8) is 0 Å². The first-order valence-corrected chi connectivity index (χ1v) is 15.4. The Morgan fingerprint density at radius 3 is 1.59 bits per heavy atom. The molecule has 0 bridgehead atoms. The Hall–Kier alpha value is -5.18. The Labute approximate surface area is 295 Å². The van der Waals surface area contributed by atoms with E-state index in [1.807, 2.05) is 0 Å². The highest BCUT2D eigenvalue weighted by atomic mass is 79.9. The zero-order valence-corrected chi connectivity index (χ0v) is 28.4. The lowest BCUT2D eigenvalue weighted by Crippen LogP contribution is -2.38. The Morgan fingerprint density at radius 2 is 1.25 bits per heavy atom. The number of ketones is 2. The van der Waals surface area contributed by atoms with Crippen LogP contribution in [-0.2, 0) is 41.2 Å². The number of nitrogens with zero attached hydrogens (tertiary/aromatic N) is 6. The molecule has 272 valence electrons. The van der Waals surface area contributed by atoms with E-state index in [2.05, 4.69) is 56.0 Å². The van der Waals surface area contributed by atoms with E-state index in [4.69, 9.17) is 18.9 Å². The number of carbonyl (C=O) groups is 2. The maximum Gasteiger partial charge on any atom is 0.407 e. The van der Waals surface area contributed by atoms with E-state index in [-0.39, 0.29) is 42.1 Å². The first-order chi connectivity index (χ1) is 23.6. The molecule has 0 fully saturated rings. The minimum absolute atomic E-state index is 0.00883. The molecule has 0 aliphatic heterocycles. The highest BCUT2D eigenvalue weighted by molar-refractivity contribution is 9.09. The van der Waals surface area contributed by atoms with Gasteiger partial charge in [-0.05, 0) is 31.4 Å². The number of halogens is 7. The summed E-state index contributed by atoms with van der Waals surface area (Å²) in [5.41, 5.74) is -1.32. The summed E-state index contributed by atoms with van der Waals surface area (Å²) in [6.45, 7) is 16.1. The van der Waals surface area contributed by atoms with Gasteiger partial charge in [-0.2, -0.15) is 36.5 Å². The molecule has 0 radical (unpaired) electrons. The molecule has 0 amide bonds. The first kappa shape index (κ1) is 42.0. The summed E-state index contributed by atoms with van der Waals surface area (Å²) in [6.07, 6.45) is -7.08. The van der Waals surface area contributed by atoms with Gasteiger partial charge < -0.3 is 15.9 Å². The minimum atomic E-state index is -4.69. The number of benzene rings is 2. The number of nitrogen functional groups attached to an aromatic ring is 1. The van der Waals surface area contributed by atoms with Gasteiger partial charge in [0.05, 0.1) is 24.3 Å². The fourth-order valence-electron chi connectivity index (χ4n) is 3.93. The number of hydrogen-bond donors (Lipinski definition) is 5. The quantitative estimate of drug-likeness (QED) is 0.0754. The normalized spacial score (nSPS) is 13.5. The third kappa shape index (κ3) is 12.9. The topological polar surface area (TPSA) is 192 Å². The number of anilines is 1. The maximum absolute atomic E-state index is 13.0. The first-order valence-electron chi connectivity index (χ1n) is 14.3. The summed E-state index contributed by atoms with van der Waals surface area (Å²) in [7, 11) is 0. The average Bonchev–Trinajstić information content (AvgIpc) is 3.78. The van der Waals surface area contributed by atoms with Crippen LogP contribution in [0.5, 0.6) is 0 Å². The van der Waals surface area contributed by atoms with E-state index in [1.165, 1.54) is 38.6 Å². The Morgan fingerprint density at radius 1 is 0.804 bits per heavy atom. The van der Waals surface area contributed by atoms with Crippen LogP contribution < -0.4 is 5.73 Å². The number of nitrogens with two attached hydrogens (primary N) is 1. The molecule has 2 atom stereocenters. The van der Waals surface area contributed by atoms with Gasteiger partial charge in [0, 0.05) is 24.6 Å². The van der Waals surface area contributed by atoms with Crippen molar-refractivity contribution in [2.24, 2.45) is 0 Å². The average molecular weight is 787 g/mol. The number of nitrogens with one attached hydrogen (secondary N) is 2. The second kappa shape index (κ2) is 17.7. The van der Waals surface area contributed by atoms with Gasteiger partial charge in [-0.25, -0.2) is 24.8 Å².